The molecule has 4 heteroatoms. The molecule has 0 fully saturated rings. The zero-order chi connectivity index (χ0) is 11.1. The van der Waals surface area contributed by atoms with E-state index in [-0.39, 0.29) is 0 Å². The predicted octanol–water partition coefficient (Wildman–Crippen LogP) is 3.01. The highest BCUT2D eigenvalue weighted by molar-refractivity contribution is 9.10. The molecule has 2 rings (SSSR count). The van der Waals surface area contributed by atoms with Gasteiger partial charge in [0.1, 0.15) is 0 Å². The normalized spacial score (nSPS) is 11.9. The summed E-state index contributed by atoms with van der Waals surface area (Å²) >= 11 is 3.40. The van der Waals surface area contributed by atoms with Crippen LogP contribution in [0.5, 0.6) is 0 Å². The second-order valence-corrected chi connectivity index (χ2v) is 6.20. The molecule has 0 saturated heterocycles. The van der Waals surface area contributed by atoms with E-state index >= 15 is 0 Å². The van der Waals surface area contributed by atoms with Crippen LogP contribution >= 0.6 is 15.9 Å². The van der Waals surface area contributed by atoms with Crippen molar-refractivity contribution in [3.8, 4) is 0 Å². The van der Waals surface area contributed by atoms with Crippen LogP contribution in [0, 0.1) is 0 Å². The molecule has 2 nitrogen and oxygen atoms in total. The van der Waals surface area contributed by atoms with Gasteiger partial charge in [0.25, 0.3) is 0 Å². The number of hydrogen-bond donors (Lipinski definition) is 0. The number of hydrogen-bond acceptors (Lipinski definition) is 2. The maximum Gasteiger partial charge on any atom is 0.176 e. The van der Waals surface area contributed by atoms with Gasteiger partial charge in [0.05, 0.1) is 4.90 Å². The molecule has 0 unspecified atom stereocenters. The van der Waals surface area contributed by atoms with Crippen LogP contribution < -0.4 is 0 Å². The van der Waals surface area contributed by atoms with Crippen LogP contribution in [0.1, 0.15) is 0 Å². The highest BCUT2D eigenvalue weighted by Crippen LogP contribution is 2.28. The first kappa shape index (κ1) is 10.6. The first-order valence-electron chi connectivity index (χ1n) is 4.37. The minimum Gasteiger partial charge on any atom is -0.224 e. The first-order valence-corrected chi connectivity index (χ1v) is 7.06. The molecule has 0 atom stereocenters. The Morgan fingerprint density at radius 1 is 1.00 bits per heavy atom. The van der Waals surface area contributed by atoms with Crippen molar-refractivity contribution in [3.05, 3.63) is 40.9 Å². The van der Waals surface area contributed by atoms with E-state index in [1.54, 1.807) is 12.1 Å². The van der Waals surface area contributed by atoms with Crippen molar-refractivity contribution in [2.45, 2.75) is 4.90 Å². The number of halogens is 1. The van der Waals surface area contributed by atoms with Gasteiger partial charge in [-0.05, 0) is 17.5 Å². The zero-order valence-corrected chi connectivity index (χ0v) is 10.5. The Hall–Kier alpha value is -0.870. The molecule has 0 aliphatic carbocycles. The largest absolute Gasteiger partial charge is 0.224 e. The third kappa shape index (κ3) is 1.92. The molecular weight excluding hydrogens is 276 g/mol. The standard InChI is InChI=1S/C11H9BrO2S/c1-15(13,14)11-7-3-4-8-9(11)5-2-6-10(8)12/h2-7H,1H3. The molecule has 0 spiro atoms. The lowest BCUT2D eigenvalue weighted by Crippen LogP contribution is -1.97. The molecule has 0 radical (unpaired) electrons. The summed E-state index contributed by atoms with van der Waals surface area (Å²) in [4.78, 5) is 0.376. The Kier molecular flexibility index (Phi) is 2.56. The van der Waals surface area contributed by atoms with Crippen LogP contribution in [0.4, 0.5) is 0 Å². The van der Waals surface area contributed by atoms with Gasteiger partial charge in [-0.2, -0.15) is 0 Å². The van der Waals surface area contributed by atoms with Gasteiger partial charge in [0.15, 0.2) is 9.84 Å². The molecule has 0 aromatic heterocycles. The van der Waals surface area contributed by atoms with Gasteiger partial charge in [-0.15, -0.1) is 0 Å². The second kappa shape index (κ2) is 3.61. The third-order valence-corrected chi connectivity index (χ3v) is 4.07. The van der Waals surface area contributed by atoms with Gasteiger partial charge in [-0.25, -0.2) is 8.42 Å². The maximum atomic E-state index is 11.5. The van der Waals surface area contributed by atoms with Crippen LogP contribution in [0.3, 0.4) is 0 Å². The summed E-state index contributed by atoms with van der Waals surface area (Å²) in [5.41, 5.74) is 0. The summed E-state index contributed by atoms with van der Waals surface area (Å²) in [5.74, 6) is 0. The van der Waals surface area contributed by atoms with E-state index in [1.807, 2.05) is 24.3 Å². The van der Waals surface area contributed by atoms with E-state index in [4.69, 9.17) is 0 Å². The zero-order valence-electron chi connectivity index (χ0n) is 8.07. The Bertz CT molecular complexity index is 618. The van der Waals surface area contributed by atoms with Gasteiger partial charge in [0.2, 0.25) is 0 Å². The van der Waals surface area contributed by atoms with Crippen molar-refractivity contribution in [1.29, 1.82) is 0 Å². The summed E-state index contributed by atoms with van der Waals surface area (Å²) in [5, 5.41) is 1.68. The summed E-state index contributed by atoms with van der Waals surface area (Å²) in [6.07, 6.45) is 1.22. The molecule has 0 aliphatic heterocycles. The fourth-order valence-corrected chi connectivity index (χ4v) is 2.97. The molecule has 2 aromatic rings. The average molecular weight is 285 g/mol. The van der Waals surface area contributed by atoms with E-state index < -0.39 is 9.84 Å². The molecule has 15 heavy (non-hydrogen) atoms. The molecule has 0 N–H and O–H groups in total. The number of rotatable bonds is 1. The fourth-order valence-electron chi connectivity index (χ4n) is 1.57. The van der Waals surface area contributed by atoms with Crippen LogP contribution in [-0.2, 0) is 9.84 Å². The lowest BCUT2D eigenvalue weighted by atomic mass is 10.1. The summed E-state index contributed by atoms with van der Waals surface area (Å²) < 4.78 is 24.0. The van der Waals surface area contributed by atoms with Crippen LogP contribution in [-0.4, -0.2) is 14.7 Å². The van der Waals surface area contributed by atoms with Crippen molar-refractivity contribution >= 4 is 36.5 Å². The SMILES string of the molecule is CS(=O)(=O)c1cccc2c(Br)cccc12. The minimum absolute atomic E-state index is 0.376. The topological polar surface area (TPSA) is 34.1 Å². The number of benzene rings is 2. The molecule has 2 aromatic carbocycles. The Balaban J connectivity index is 2.96. The molecule has 0 bridgehead atoms. The molecule has 78 valence electrons. The lowest BCUT2D eigenvalue weighted by Gasteiger charge is -2.05. The van der Waals surface area contributed by atoms with Crippen molar-refractivity contribution in [2.75, 3.05) is 6.26 Å². The Labute approximate surface area is 97.0 Å². The Morgan fingerprint density at radius 3 is 2.27 bits per heavy atom. The molecule has 0 amide bonds. The maximum absolute atomic E-state index is 11.5. The van der Waals surface area contributed by atoms with Crippen LogP contribution in [0.15, 0.2) is 45.8 Å². The van der Waals surface area contributed by atoms with Crippen LogP contribution in [0.25, 0.3) is 10.8 Å². The van der Waals surface area contributed by atoms with Gasteiger partial charge < -0.3 is 0 Å². The number of fused-ring (bicyclic) bond motifs is 1. The predicted molar refractivity (Wildman–Crippen MR) is 64.8 cm³/mol. The van der Waals surface area contributed by atoms with Gasteiger partial charge in [0, 0.05) is 16.1 Å². The minimum atomic E-state index is -3.17. The van der Waals surface area contributed by atoms with Crippen molar-refractivity contribution < 1.29 is 8.42 Å². The van der Waals surface area contributed by atoms with E-state index in [9.17, 15) is 8.42 Å². The van der Waals surface area contributed by atoms with Crippen molar-refractivity contribution in [1.82, 2.24) is 0 Å². The lowest BCUT2D eigenvalue weighted by molar-refractivity contribution is 0.602. The van der Waals surface area contributed by atoms with E-state index in [0.717, 1.165) is 15.2 Å². The molecule has 0 aliphatic rings. The monoisotopic (exact) mass is 284 g/mol. The van der Waals surface area contributed by atoms with Gasteiger partial charge in [-0.1, -0.05) is 40.2 Å². The van der Waals surface area contributed by atoms with Crippen molar-refractivity contribution in [2.24, 2.45) is 0 Å². The summed E-state index contributed by atoms with van der Waals surface area (Å²) in [6.45, 7) is 0. The fraction of sp³-hybridized carbons (Fsp3) is 0.0909. The highest BCUT2D eigenvalue weighted by Gasteiger charge is 2.11. The second-order valence-electron chi connectivity index (χ2n) is 3.36. The van der Waals surface area contributed by atoms with E-state index in [0.29, 0.717) is 4.90 Å². The molecular formula is C11H9BrO2S. The summed E-state index contributed by atoms with van der Waals surface area (Å²) in [6, 6.07) is 10.8. The van der Waals surface area contributed by atoms with Gasteiger partial charge in [-0.3, -0.25) is 0 Å². The average Bonchev–Trinajstić information content (AvgIpc) is 2.16. The number of sulfone groups is 1. The third-order valence-electron chi connectivity index (χ3n) is 2.23. The van der Waals surface area contributed by atoms with E-state index in [1.165, 1.54) is 6.26 Å². The van der Waals surface area contributed by atoms with E-state index in [2.05, 4.69) is 15.9 Å². The Morgan fingerprint density at radius 2 is 1.60 bits per heavy atom. The smallest absolute Gasteiger partial charge is 0.176 e. The quantitative estimate of drug-likeness (QED) is 0.807. The van der Waals surface area contributed by atoms with Gasteiger partial charge >= 0.3 is 0 Å². The first-order chi connectivity index (χ1) is 7.00. The summed E-state index contributed by atoms with van der Waals surface area (Å²) in [7, 11) is -3.17. The molecule has 0 heterocycles. The molecule has 0 saturated carbocycles. The van der Waals surface area contributed by atoms with Crippen molar-refractivity contribution in [3.63, 3.8) is 0 Å². The van der Waals surface area contributed by atoms with Crippen LogP contribution in [0.2, 0.25) is 0 Å². The highest BCUT2D eigenvalue weighted by atomic mass is 79.9.